The van der Waals surface area contributed by atoms with Gasteiger partial charge in [0.15, 0.2) is 0 Å². The number of hydrogen-bond donors (Lipinski definition) is 2. The molecule has 1 aliphatic rings. The van der Waals surface area contributed by atoms with E-state index >= 15 is 0 Å². The highest BCUT2D eigenvalue weighted by atomic mass is 16.2. The van der Waals surface area contributed by atoms with Gasteiger partial charge in [-0.3, -0.25) is 9.48 Å². The van der Waals surface area contributed by atoms with Gasteiger partial charge in [-0.2, -0.15) is 5.10 Å². The highest BCUT2D eigenvalue weighted by molar-refractivity contribution is 5.98. The van der Waals surface area contributed by atoms with Crippen LogP contribution in [0.3, 0.4) is 0 Å². The van der Waals surface area contributed by atoms with Gasteiger partial charge in [0.1, 0.15) is 0 Å². The lowest BCUT2D eigenvalue weighted by Crippen LogP contribution is -2.50. The molecule has 5 nitrogen and oxygen atoms in total. The number of nitrogens with one attached hydrogen (secondary N) is 1. The first kappa shape index (κ1) is 13.8. The van der Waals surface area contributed by atoms with Crippen molar-refractivity contribution in [2.75, 3.05) is 5.32 Å². The smallest absolute Gasteiger partial charge is 0.244 e. The molecule has 1 atom stereocenters. The summed E-state index contributed by atoms with van der Waals surface area (Å²) in [5, 5.41) is 7.11. The van der Waals surface area contributed by atoms with Gasteiger partial charge in [0.05, 0.1) is 12.1 Å². The summed E-state index contributed by atoms with van der Waals surface area (Å²) in [5.74, 6) is 0.200. The van der Waals surface area contributed by atoms with Gasteiger partial charge in [-0.05, 0) is 49.4 Å². The molecular formula is C16H20N4O. The Kier molecular flexibility index (Phi) is 3.51. The number of nitrogens with zero attached hydrogens (tertiary/aromatic N) is 2. The summed E-state index contributed by atoms with van der Waals surface area (Å²) in [6.07, 6.45) is 5.75. The van der Waals surface area contributed by atoms with Crippen LogP contribution in [0, 0.1) is 5.92 Å². The van der Waals surface area contributed by atoms with Crippen molar-refractivity contribution in [1.82, 2.24) is 9.78 Å². The van der Waals surface area contributed by atoms with Crippen molar-refractivity contribution >= 4 is 11.6 Å². The predicted octanol–water partition coefficient (Wildman–Crippen LogP) is 2.00. The first-order valence-electron chi connectivity index (χ1n) is 7.22. The molecule has 1 heterocycles. The average molecular weight is 284 g/mol. The van der Waals surface area contributed by atoms with Crippen molar-refractivity contribution < 1.29 is 4.79 Å². The lowest BCUT2D eigenvalue weighted by Gasteiger charge is -2.23. The second kappa shape index (κ2) is 5.33. The van der Waals surface area contributed by atoms with Crippen molar-refractivity contribution in [3.8, 4) is 0 Å². The molecule has 110 valence electrons. The van der Waals surface area contributed by atoms with Gasteiger partial charge in [0.25, 0.3) is 0 Å². The summed E-state index contributed by atoms with van der Waals surface area (Å²) in [6.45, 7) is 2.49. The zero-order valence-electron chi connectivity index (χ0n) is 12.1. The van der Waals surface area contributed by atoms with Crippen molar-refractivity contribution in [3.63, 3.8) is 0 Å². The fraction of sp³-hybridized carbons (Fsp3) is 0.375. The molecule has 0 radical (unpaired) electrons. The molecule has 1 amide bonds. The van der Waals surface area contributed by atoms with Crippen LogP contribution < -0.4 is 11.1 Å². The summed E-state index contributed by atoms with van der Waals surface area (Å²) < 4.78 is 1.85. The minimum atomic E-state index is -0.780. The third-order valence-electron chi connectivity index (χ3n) is 4.00. The number of aromatic nitrogens is 2. The molecule has 1 saturated carbocycles. The number of benzene rings is 1. The van der Waals surface area contributed by atoms with Crippen LogP contribution >= 0.6 is 0 Å². The highest BCUT2D eigenvalue weighted by Crippen LogP contribution is 2.38. The largest absolute Gasteiger partial charge is 0.324 e. The molecule has 0 bridgehead atoms. The van der Waals surface area contributed by atoms with Gasteiger partial charge < -0.3 is 11.1 Å². The molecule has 0 saturated heterocycles. The first-order valence-corrected chi connectivity index (χ1v) is 7.22. The predicted molar refractivity (Wildman–Crippen MR) is 81.7 cm³/mol. The Morgan fingerprint density at radius 2 is 2.29 bits per heavy atom. The molecule has 2 aromatic rings. The molecule has 3 rings (SSSR count). The summed E-state index contributed by atoms with van der Waals surface area (Å²) >= 11 is 0. The average Bonchev–Trinajstić information content (AvgIpc) is 3.20. The minimum absolute atomic E-state index is 0.110. The lowest BCUT2D eigenvalue weighted by atomic mass is 9.96. The summed E-state index contributed by atoms with van der Waals surface area (Å²) in [4.78, 5) is 12.3. The highest BCUT2D eigenvalue weighted by Gasteiger charge is 2.44. The Bertz CT molecular complexity index is 629. The van der Waals surface area contributed by atoms with Crippen LogP contribution in [0.15, 0.2) is 42.7 Å². The fourth-order valence-corrected chi connectivity index (χ4v) is 2.46. The van der Waals surface area contributed by atoms with Gasteiger partial charge in [0.2, 0.25) is 5.91 Å². The van der Waals surface area contributed by atoms with E-state index in [9.17, 15) is 4.79 Å². The lowest BCUT2D eigenvalue weighted by molar-refractivity contribution is -0.121. The Hall–Kier alpha value is -2.14. The van der Waals surface area contributed by atoms with Crippen LogP contribution in [-0.2, 0) is 11.3 Å². The number of anilines is 1. The van der Waals surface area contributed by atoms with Crippen molar-refractivity contribution in [3.05, 3.63) is 48.3 Å². The Morgan fingerprint density at radius 3 is 2.95 bits per heavy atom. The maximum absolute atomic E-state index is 12.3. The van der Waals surface area contributed by atoms with E-state index in [4.69, 9.17) is 5.73 Å². The molecule has 5 heteroatoms. The number of rotatable bonds is 5. The van der Waals surface area contributed by atoms with Gasteiger partial charge in [-0.1, -0.05) is 12.1 Å². The third kappa shape index (κ3) is 3.13. The molecule has 1 unspecified atom stereocenters. The van der Waals surface area contributed by atoms with Gasteiger partial charge in [0, 0.05) is 18.1 Å². The zero-order chi connectivity index (χ0) is 14.9. The Morgan fingerprint density at radius 1 is 1.48 bits per heavy atom. The van der Waals surface area contributed by atoms with E-state index in [2.05, 4.69) is 10.4 Å². The van der Waals surface area contributed by atoms with Crippen LogP contribution in [-0.4, -0.2) is 21.2 Å². The molecular weight excluding hydrogens is 264 g/mol. The van der Waals surface area contributed by atoms with Gasteiger partial charge in [-0.25, -0.2) is 0 Å². The number of amides is 1. The number of hydrogen-bond acceptors (Lipinski definition) is 3. The normalized spacial score (nSPS) is 17.2. The first-order chi connectivity index (χ1) is 10.1. The Labute approximate surface area is 124 Å². The number of carbonyl (C=O) groups excluding carboxylic acids is 1. The van der Waals surface area contributed by atoms with Crippen LogP contribution in [0.25, 0.3) is 0 Å². The molecule has 1 aromatic heterocycles. The van der Waals surface area contributed by atoms with E-state index in [0.29, 0.717) is 12.5 Å². The number of nitrogens with two attached hydrogens (primary N) is 1. The van der Waals surface area contributed by atoms with E-state index in [0.717, 1.165) is 24.1 Å². The topological polar surface area (TPSA) is 72.9 Å². The van der Waals surface area contributed by atoms with Crippen LogP contribution in [0.1, 0.15) is 25.3 Å². The SMILES string of the molecule is CC(N)(C(=O)Nc1cccc(Cn2cccn2)c1)C1CC1. The van der Waals surface area contributed by atoms with Gasteiger partial charge in [-0.15, -0.1) is 0 Å². The maximum atomic E-state index is 12.3. The number of carbonyl (C=O) groups is 1. The molecule has 0 aliphatic heterocycles. The van der Waals surface area contributed by atoms with E-state index in [1.165, 1.54) is 0 Å². The van der Waals surface area contributed by atoms with Crippen molar-refractivity contribution in [2.24, 2.45) is 11.7 Å². The van der Waals surface area contributed by atoms with Gasteiger partial charge >= 0.3 is 0 Å². The fourth-order valence-electron chi connectivity index (χ4n) is 2.46. The molecule has 1 aliphatic carbocycles. The van der Waals surface area contributed by atoms with Crippen molar-refractivity contribution in [2.45, 2.75) is 31.8 Å². The zero-order valence-corrected chi connectivity index (χ0v) is 12.1. The van der Waals surface area contributed by atoms with Crippen LogP contribution in [0.5, 0.6) is 0 Å². The molecule has 1 fully saturated rings. The van der Waals surface area contributed by atoms with E-state index in [-0.39, 0.29) is 5.91 Å². The molecule has 3 N–H and O–H groups in total. The molecule has 1 aromatic carbocycles. The summed E-state index contributed by atoms with van der Waals surface area (Å²) in [7, 11) is 0. The summed E-state index contributed by atoms with van der Waals surface area (Å²) in [5.41, 5.74) is 7.22. The van der Waals surface area contributed by atoms with Crippen LogP contribution in [0.2, 0.25) is 0 Å². The second-order valence-electron chi connectivity index (χ2n) is 5.92. The minimum Gasteiger partial charge on any atom is -0.324 e. The second-order valence-corrected chi connectivity index (χ2v) is 5.92. The quantitative estimate of drug-likeness (QED) is 0.882. The van der Waals surface area contributed by atoms with E-state index in [1.807, 2.05) is 48.1 Å². The monoisotopic (exact) mass is 284 g/mol. The Balaban J connectivity index is 1.69. The molecule has 0 spiro atoms. The maximum Gasteiger partial charge on any atom is 0.244 e. The third-order valence-corrected chi connectivity index (χ3v) is 4.00. The molecule has 21 heavy (non-hydrogen) atoms. The van der Waals surface area contributed by atoms with E-state index in [1.54, 1.807) is 6.20 Å². The van der Waals surface area contributed by atoms with Crippen molar-refractivity contribution in [1.29, 1.82) is 0 Å². The van der Waals surface area contributed by atoms with E-state index < -0.39 is 5.54 Å². The van der Waals surface area contributed by atoms with Crippen LogP contribution in [0.4, 0.5) is 5.69 Å². The summed E-state index contributed by atoms with van der Waals surface area (Å²) in [6, 6.07) is 9.68. The standard InChI is InChI=1S/C16H20N4O/c1-16(17,13-6-7-13)15(21)19-14-5-2-4-12(10-14)11-20-9-3-8-18-20/h2-5,8-10,13H,6-7,11,17H2,1H3,(H,19,21).